The molecule has 0 bridgehead atoms. The molecule has 1 aromatic heterocycles. The van der Waals surface area contributed by atoms with Crippen LogP contribution in [0.15, 0.2) is 59.8 Å². The molecular formula is C18H17ClN4O2S. The Hall–Kier alpha value is -2.51. The van der Waals surface area contributed by atoms with Crippen LogP contribution in [0.3, 0.4) is 0 Å². The Morgan fingerprint density at radius 2 is 1.88 bits per heavy atom. The monoisotopic (exact) mass is 388 g/mol. The molecule has 2 aromatic carbocycles. The molecule has 1 heterocycles. The summed E-state index contributed by atoms with van der Waals surface area (Å²) >= 11 is 7.12. The first kappa shape index (κ1) is 18.3. The summed E-state index contributed by atoms with van der Waals surface area (Å²) < 4.78 is 7.49. The smallest absolute Gasteiger partial charge is 0.235 e. The lowest BCUT2D eigenvalue weighted by atomic mass is 10.1. The van der Waals surface area contributed by atoms with E-state index in [1.165, 1.54) is 11.8 Å². The minimum Gasteiger partial charge on any atom is -0.486 e. The number of hydrogen-bond donors (Lipinski definition) is 1. The summed E-state index contributed by atoms with van der Waals surface area (Å²) in [6.07, 6.45) is 0. The number of carbonyl (C=O) groups is 1. The van der Waals surface area contributed by atoms with Gasteiger partial charge in [-0.3, -0.25) is 4.79 Å². The van der Waals surface area contributed by atoms with Crippen LogP contribution in [-0.4, -0.2) is 20.7 Å². The minimum absolute atomic E-state index is 0.248. The van der Waals surface area contributed by atoms with E-state index < -0.39 is 11.2 Å². The number of hydrogen-bond acceptors (Lipinski definition) is 5. The predicted molar refractivity (Wildman–Crippen MR) is 101 cm³/mol. The van der Waals surface area contributed by atoms with Crippen molar-refractivity contribution in [1.82, 2.24) is 14.8 Å². The lowest BCUT2D eigenvalue weighted by Crippen LogP contribution is -2.19. The highest BCUT2D eigenvalue weighted by Gasteiger charge is 2.22. The first-order valence-corrected chi connectivity index (χ1v) is 9.08. The van der Waals surface area contributed by atoms with E-state index in [1.807, 2.05) is 37.4 Å². The van der Waals surface area contributed by atoms with Gasteiger partial charge >= 0.3 is 0 Å². The first-order chi connectivity index (χ1) is 12.5. The molecule has 0 saturated carbocycles. The molecule has 134 valence electrons. The van der Waals surface area contributed by atoms with Crippen molar-refractivity contribution in [3.05, 3.63) is 71.0 Å². The van der Waals surface area contributed by atoms with Crippen LogP contribution in [0.4, 0.5) is 0 Å². The molecule has 0 aliphatic carbocycles. The Morgan fingerprint density at radius 3 is 2.54 bits per heavy atom. The number of ether oxygens (including phenoxy) is 1. The van der Waals surface area contributed by atoms with Crippen molar-refractivity contribution < 1.29 is 9.53 Å². The van der Waals surface area contributed by atoms with Crippen LogP contribution in [0.5, 0.6) is 5.75 Å². The Labute approximate surface area is 160 Å². The fourth-order valence-electron chi connectivity index (χ4n) is 2.28. The van der Waals surface area contributed by atoms with Crippen LogP contribution >= 0.6 is 23.4 Å². The Balaban J connectivity index is 1.71. The summed E-state index contributed by atoms with van der Waals surface area (Å²) in [6, 6.07) is 16.4. The highest BCUT2D eigenvalue weighted by Crippen LogP contribution is 2.34. The van der Waals surface area contributed by atoms with E-state index in [-0.39, 0.29) is 6.61 Å². The van der Waals surface area contributed by atoms with Crippen molar-refractivity contribution in [3.8, 4) is 5.75 Å². The normalized spacial score (nSPS) is 11.9. The molecule has 0 aliphatic heterocycles. The van der Waals surface area contributed by atoms with Crippen LogP contribution in [-0.2, 0) is 18.4 Å². The summed E-state index contributed by atoms with van der Waals surface area (Å²) in [6.45, 7) is 0.248. The van der Waals surface area contributed by atoms with Crippen molar-refractivity contribution in [2.75, 3.05) is 0 Å². The highest BCUT2D eigenvalue weighted by molar-refractivity contribution is 8.00. The fourth-order valence-corrected chi connectivity index (χ4v) is 3.37. The second-order valence-electron chi connectivity index (χ2n) is 5.51. The highest BCUT2D eigenvalue weighted by atomic mass is 35.5. The third-order valence-electron chi connectivity index (χ3n) is 3.69. The SMILES string of the molecule is Cn1c(COc2ccc(Cl)cc2)nnc1SC(C(N)=O)c1ccccc1. The summed E-state index contributed by atoms with van der Waals surface area (Å²) in [5, 5.41) is 9.00. The molecule has 8 heteroatoms. The van der Waals surface area contributed by atoms with Gasteiger partial charge in [-0.25, -0.2) is 0 Å². The number of halogens is 1. The zero-order valence-corrected chi connectivity index (χ0v) is 15.6. The molecule has 0 fully saturated rings. The number of thioether (sulfide) groups is 1. The van der Waals surface area contributed by atoms with Gasteiger partial charge in [0.1, 0.15) is 17.6 Å². The molecule has 26 heavy (non-hydrogen) atoms. The second kappa shape index (κ2) is 8.25. The van der Waals surface area contributed by atoms with Crippen LogP contribution in [0.2, 0.25) is 5.02 Å². The molecule has 1 unspecified atom stereocenters. The molecule has 1 amide bonds. The molecule has 0 aliphatic rings. The third kappa shape index (κ3) is 4.36. The molecule has 6 nitrogen and oxygen atoms in total. The summed E-state index contributed by atoms with van der Waals surface area (Å²) in [5.41, 5.74) is 6.39. The van der Waals surface area contributed by atoms with E-state index in [4.69, 9.17) is 22.1 Å². The predicted octanol–water partition coefficient (Wildman–Crippen LogP) is 3.37. The average Bonchev–Trinajstić information content (AvgIpc) is 2.99. The van der Waals surface area contributed by atoms with Gasteiger partial charge in [-0.1, -0.05) is 53.7 Å². The summed E-state index contributed by atoms with van der Waals surface area (Å²) in [5.74, 6) is 0.896. The molecule has 1 atom stereocenters. The number of carbonyl (C=O) groups excluding carboxylic acids is 1. The molecule has 0 radical (unpaired) electrons. The number of aromatic nitrogens is 3. The second-order valence-corrected chi connectivity index (χ2v) is 7.02. The number of amides is 1. The van der Waals surface area contributed by atoms with Gasteiger partial charge in [0, 0.05) is 12.1 Å². The summed E-state index contributed by atoms with van der Waals surface area (Å²) in [4.78, 5) is 11.9. The molecule has 2 N–H and O–H groups in total. The Kier molecular flexibility index (Phi) is 5.80. The van der Waals surface area contributed by atoms with E-state index in [0.717, 1.165) is 5.56 Å². The van der Waals surface area contributed by atoms with Crippen LogP contribution in [0.25, 0.3) is 0 Å². The fraction of sp³-hybridized carbons (Fsp3) is 0.167. The van der Waals surface area contributed by atoms with E-state index in [2.05, 4.69) is 10.2 Å². The van der Waals surface area contributed by atoms with E-state index >= 15 is 0 Å². The van der Waals surface area contributed by atoms with Gasteiger partial charge in [0.2, 0.25) is 5.91 Å². The van der Waals surface area contributed by atoms with Gasteiger partial charge in [0.25, 0.3) is 0 Å². The van der Waals surface area contributed by atoms with Crippen LogP contribution in [0.1, 0.15) is 16.6 Å². The van der Waals surface area contributed by atoms with Gasteiger partial charge in [0.05, 0.1) is 0 Å². The maximum atomic E-state index is 11.9. The summed E-state index contributed by atoms with van der Waals surface area (Å²) in [7, 11) is 1.83. The topological polar surface area (TPSA) is 83.0 Å². The number of nitrogens with two attached hydrogens (primary N) is 1. The minimum atomic E-state index is -0.538. The van der Waals surface area contributed by atoms with Crippen molar-refractivity contribution in [2.45, 2.75) is 17.0 Å². The van der Waals surface area contributed by atoms with E-state index in [9.17, 15) is 4.79 Å². The van der Waals surface area contributed by atoms with Crippen molar-refractivity contribution in [1.29, 1.82) is 0 Å². The largest absolute Gasteiger partial charge is 0.486 e. The van der Waals surface area contributed by atoms with Crippen molar-refractivity contribution in [2.24, 2.45) is 12.8 Å². The maximum Gasteiger partial charge on any atom is 0.235 e. The van der Waals surface area contributed by atoms with Gasteiger partial charge in [0.15, 0.2) is 11.0 Å². The third-order valence-corrected chi connectivity index (χ3v) is 5.25. The van der Waals surface area contributed by atoms with Gasteiger partial charge in [-0.2, -0.15) is 0 Å². The van der Waals surface area contributed by atoms with E-state index in [1.54, 1.807) is 28.8 Å². The molecule has 0 saturated heterocycles. The molecule has 3 rings (SSSR count). The lowest BCUT2D eigenvalue weighted by molar-refractivity contribution is -0.117. The van der Waals surface area contributed by atoms with Crippen LogP contribution < -0.4 is 10.5 Å². The Morgan fingerprint density at radius 1 is 1.19 bits per heavy atom. The number of rotatable bonds is 7. The molecule has 0 spiro atoms. The number of primary amides is 1. The first-order valence-electron chi connectivity index (χ1n) is 7.82. The molecular weight excluding hydrogens is 372 g/mol. The van der Waals surface area contributed by atoms with Crippen molar-refractivity contribution >= 4 is 29.3 Å². The van der Waals surface area contributed by atoms with Gasteiger partial charge in [-0.05, 0) is 29.8 Å². The molecule has 3 aromatic rings. The quantitative estimate of drug-likeness (QED) is 0.627. The lowest BCUT2D eigenvalue weighted by Gasteiger charge is -2.13. The van der Waals surface area contributed by atoms with E-state index in [0.29, 0.717) is 21.8 Å². The zero-order valence-electron chi connectivity index (χ0n) is 14.0. The van der Waals surface area contributed by atoms with Crippen LogP contribution in [0, 0.1) is 0 Å². The Bertz CT molecular complexity index is 884. The zero-order chi connectivity index (χ0) is 18.5. The average molecular weight is 389 g/mol. The van der Waals surface area contributed by atoms with Gasteiger partial charge < -0.3 is 15.0 Å². The van der Waals surface area contributed by atoms with Gasteiger partial charge in [-0.15, -0.1) is 10.2 Å². The maximum absolute atomic E-state index is 11.9. The number of benzene rings is 2. The number of nitrogens with zero attached hydrogens (tertiary/aromatic N) is 3. The van der Waals surface area contributed by atoms with Crippen molar-refractivity contribution in [3.63, 3.8) is 0 Å². The standard InChI is InChI=1S/C18H17ClN4O2S/c1-23-15(11-25-14-9-7-13(19)8-10-14)21-22-18(23)26-16(17(20)24)12-5-3-2-4-6-12/h2-10,16H,11H2,1H3,(H2,20,24).